The first-order valence-electron chi connectivity index (χ1n) is 7.06. The number of benzene rings is 1. The summed E-state index contributed by atoms with van der Waals surface area (Å²) in [5.41, 5.74) is 2.17. The molecule has 2 aromatic rings. The van der Waals surface area contributed by atoms with Crippen LogP contribution in [-0.2, 0) is 4.79 Å². The van der Waals surface area contributed by atoms with Gasteiger partial charge in [0.25, 0.3) is 0 Å². The van der Waals surface area contributed by atoms with Crippen LogP contribution >= 0.6 is 0 Å². The minimum atomic E-state index is -0.0419. The Kier molecular flexibility index (Phi) is 5.32. The van der Waals surface area contributed by atoms with Crippen LogP contribution in [0, 0.1) is 13.8 Å². The fourth-order valence-corrected chi connectivity index (χ4v) is 1.88. The molecule has 21 heavy (non-hydrogen) atoms. The predicted molar refractivity (Wildman–Crippen MR) is 83.5 cm³/mol. The third kappa shape index (κ3) is 4.91. The number of aromatic nitrogens is 1. The minimum Gasteiger partial charge on any atom is -0.493 e. The van der Waals surface area contributed by atoms with Crippen LogP contribution in [0.25, 0.3) is 0 Å². The van der Waals surface area contributed by atoms with Crippen molar-refractivity contribution in [3.63, 3.8) is 0 Å². The van der Waals surface area contributed by atoms with Crippen molar-refractivity contribution in [2.24, 2.45) is 0 Å². The number of carbonyl (C=O) groups is 1. The molecule has 0 aliphatic carbocycles. The molecule has 0 radical (unpaired) electrons. The number of rotatable bonds is 6. The van der Waals surface area contributed by atoms with E-state index in [2.05, 4.69) is 10.3 Å². The van der Waals surface area contributed by atoms with Crippen LogP contribution in [0.15, 0.2) is 42.6 Å². The molecule has 0 fully saturated rings. The van der Waals surface area contributed by atoms with Crippen LogP contribution in [0.5, 0.6) is 5.75 Å². The molecule has 1 aromatic heterocycles. The summed E-state index contributed by atoms with van der Waals surface area (Å²) in [6.07, 6.45) is 2.82. The van der Waals surface area contributed by atoms with Gasteiger partial charge in [0.15, 0.2) is 0 Å². The molecule has 0 spiro atoms. The monoisotopic (exact) mass is 284 g/mol. The van der Waals surface area contributed by atoms with E-state index in [1.165, 1.54) is 0 Å². The third-order valence-electron chi connectivity index (χ3n) is 3.08. The van der Waals surface area contributed by atoms with Crippen LogP contribution in [0.4, 0.5) is 5.82 Å². The Morgan fingerprint density at radius 3 is 2.71 bits per heavy atom. The van der Waals surface area contributed by atoms with Gasteiger partial charge >= 0.3 is 0 Å². The van der Waals surface area contributed by atoms with Crippen molar-refractivity contribution in [3.8, 4) is 5.75 Å². The van der Waals surface area contributed by atoms with Gasteiger partial charge in [-0.1, -0.05) is 24.3 Å². The molecule has 0 saturated carbocycles. The molecule has 110 valence electrons. The van der Waals surface area contributed by atoms with Gasteiger partial charge in [0, 0.05) is 12.6 Å². The summed E-state index contributed by atoms with van der Waals surface area (Å²) in [4.78, 5) is 15.9. The Balaban J connectivity index is 1.70. The zero-order chi connectivity index (χ0) is 15.1. The Morgan fingerprint density at radius 2 is 2.00 bits per heavy atom. The second kappa shape index (κ2) is 7.43. The van der Waals surface area contributed by atoms with E-state index in [4.69, 9.17) is 4.74 Å². The molecule has 0 aliphatic rings. The number of nitrogens with zero attached hydrogens (tertiary/aromatic N) is 1. The Morgan fingerprint density at radius 1 is 1.19 bits per heavy atom. The Labute approximate surface area is 125 Å². The normalized spacial score (nSPS) is 10.2. The first-order valence-corrected chi connectivity index (χ1v) is 7.06. The average Bonchev–Trinajstić information content (AvgIpc) is 2.48. The molecule has 0 saturated heterocycles. The van der Waals surface area contributed by atoms with E-state index in [1.54, 1.807) is 12.3 Å². The van der Waals surface area contributed by atoms with Crippen molar-refractivity contribution in [2.75, 3.05) is 11.9 Å². The number of ether oxygens (including phenoxy) is 1. The highest BCUT2D eigenvalue weighted by atomic mass is 16.5. The summed E-state index contributed by atoms with van der Waals surface area (Å²) in [5.74, 6) is 1.42. The van der Waals surface area contributed by atoms with Gasteiger partial charge in [0.1, 0.15) is 11.6 Å². The molecule has 4 nitrogen and oxygen atoms in total. The number of hydrogen-bond acceptors (Lipinski definition) is 3. The molecule has 0 unspecified atom stereocenters. The van der Waals surface area contributed by atoms with Crippen LogP contribution < -0.4 is 10.1 Å². The van der Waals surface area contributed by atoms with E-state index in [1.807, 2.05) is 44.2 Å². The lowest BCUT2D eigenvalue weighted by Crippen LogP contribution is -2.13. The lowest BCUT2D eigenvalue weighted by atomic mass is 10.2. The maximum absolute atomic E-state index is 11.8. The average molecular weight is 284 g/mol. The van der Waals surface area contributed by atoms with Crippen LogP contribution in [0.2, 0.25) is 0 Å². The maximum Gasteiger partial charge on any atom is 0.225 e. The quantitative estimate of drug-likeness (QED) is 0.826. The fraction of sp³-hybridized carbons (Fsp3) is 0.294. The molecule has 2 rings (SSSR count). The SMILES string of the molecule is Cc1ccc(NC(=O)CCCOc2ccccc2C)nc1. The number of aryl methyl sites for hydroxylation is 2. The zero-order valence-electron chi connectivity index (χ0n) is 12.4. The largest absolute Gasteiger partial charge is 0.493 e. The van der Waals surface area contributed by atoms with Gasteiger partial charge in [-0.25, -0.2) is 4.98 Å². The number of carbonyl (C=O) groups excluding carboxylic acids is 1. The zero-order valence-corrected chi connectivity index (χ0v) is 12.4. The highest BCUT2D eigenvalue weighted by Crippen LogP contribution is 2.16. The molecule has 0 aliphatic heterocycles. The fourth-order valence-electron chi connectivity index (χ4n) is 1.88. The molecule has 0 bridgehead atoms. The molecule has 1 amide bonds. The third-order valence-corrected chi connectivity index (χ3v) is 3.08. The number of para-hydroxylation sites is 1. The second-order valence-corrected chi connectivity index (χ2v) is 4.99. The number of amides is 1. The molecule has 4 heteroatoms. The maximum atomic E-state index is 11.8. The first-order chi connectivity index (χ1) is 10.1. The van der Waals surface area contributed by atoms with E-state index in [0.717, 1.165) is 16.9 Å². The van der Waals surface area contributed by atoms with Crippen LogP contribution in [-0.4, -0.2) is 17.5 Å². The molecular weight excluding hydrogens is 264 g/mol. The Hall–Kier alpha value is -2.36. The molecule has 1 N–H and O–H groups in total. The van der Waals surface area contributed by atoms with E-state index in [9.17, 15) is 4.79 Å². The van der Waals surface area contributed by atoms with Gasteiger partial charge in [0.05, 0.1) is 6.61 Å². The summed E-state index contributed by atoms with van der Waals surface area (Å²) in [7, 11) is 0. The lowest BCUT2D eigenvalue weighted by Gasteiger charge is -2.08. The molecule has 0 atom stereocenters. The second-order valence-electron chi connectivity index (χ2n) is 4.99. The number of hydrogen-bond donors (Lipinski definition) is 1. The number of pyridine rings is 1. The van der Waals surface area contributed by atoms with Crippen molar-refractivity contribution in [1.29, 1.82) is 0 Å². The summed E-state index contributed by atoms with van der Waals surface area (Å²) < 4.78 is 5.66. The summed E-state index contributed by atoms with van der Waals surface area (Å²) in [6.45, 7) is 4.49. The van der Waals surface area contributed by atoms with Crippen LogP contribution in [0.3, 0.4) is 0 Å². The Bertz CT molecular complexity index is 594. The molecule has 1 aromatic carbocycles. The smallest absolute Gasteiger partial charge is 0.225 e. The van der Waals surface area contributed by atoms with Gasteiger partial charge < -0.3 is 10.1 Å². The summed E-state index contributed by atoms with van der Waals surface area (Å²) in [6, 6.07) is 11.6. The van der Waals surface area contributed by atoms with E-state index in [0.29, 0.717) is 25.3 Å². The summed E-state index contributed by atoms with van der Waals surface area (Å²) >= 11 is 0. The minimum absolute atomic E-state index is 0.0419. The number of nitrogens with one attached hydrogen (secondary N) is 1. The highest BCUT2D eigenvalue weighted by molar-refractivity contribution is 5.89. The van der Waals surface area contributed by atoms with Crippen molar-refractivity contribution in [1.82, 2.24) is 4.98 Å². The van der Waals surface area contributed by atoms with E-state index < -0.39 is 0 Å². The molecular formula is C17H20N2O2. The molecule has 1 heterocycles. The van der Waals surface area contributed by atoms with E-state index in [-0.39, 0.29) is 5.91 Å². The first kappa shape index (κ1) is 15.0. The van der Waals surface area contributed by atoms with Crippen LogP contribution in [0.1, 0.15) is 24.0 Å². The standard InChI is InChI=1S/C17H20N2O2/c1-13-9-10-16(18-12-13)19-17(20)8-5-11-21-15-7-4-3-6-14(15)2/h3-4,6-7,9-10,12H,5,8,11H2,1-2H3,(H,18,19,20). The van der Waals surface area contributed by atoms with Gasteiger partial charge in [-0.3, -0.25) is 4.79 Å². The summed E-state index contributed by atoms with van der Waals surface area (Å²) in [5, 5.41) is 2.77. The topological polar surface area (TPSA) is 51.2 Å². The van der Waals surface area contributed by atoms with E-state index >= 15 is 0 Å². The van der Waals surface area contributed by atoms with Gasteiger partial charge in [-0.2, -0.15) is 0 Å². The van der Waals surface area contributed by atoms with Gasteiger partial charge in [-0.15, -0.1) is 0 Å². The van der Waals surface area contributed by atoms with Gasteiger partial charge in [0.2, 0.25) is 5.91 Å². The van der Waals surface area contributed by atoms with Crippen molar-refractivity contribution in [3.05, 3.63) is 53.7 Å². The highest BCUT2D eigenvalue weighted by Gasteiger charge is 2.04. The predicted octanol–water partition coefficient (Wildman–Crippen LogP) is 3.50. The van der Waals surface area contributed by atoms with Gasteiger partial charge in [-0.05, 0) is 43.5 Å². The van der Waals surface area contributed by atoms with Crippen molar-refractivity contribution < 1.29 is 9.53 Å². The van der Waals surface area contributed by atoms with Crippen molar-refractivity contribution in [2.45, 2.75) is 26.7 Å². The van der Waals surface area contributed by atoms with Crippen molar-refractivity contribution >= 4 is 11.7 Å². The lowest BCUT2D eigenvalue weighted by molar-refractivity contribution is -0.116. The number of anilines is 1.